The number of phenols is 1. The molecular weight excluding hydrogens is 366 g/mol. The maximum absolute atomic E-state index is 12.5. The van der Waals surface area contributed by atoms with E-state index in [1.54, 1.807) is 18.2 Å². The molecule has 2 aromatic rings. The average Bonchev–Trinajstić information content (AvgIpc) is 2.91. The molecule has 0 bridgehead atoms. The normalized spacial score (nSPS) is 15.5. The fraction of sp³-hybridized carbons (Fsp3) is 0.200. The Morgan fingerprint density at radius 2 is 1.96 bits per heavy atom. The highest BCUT2D eigenvalue weighted by Crippen LogP contribution is 2.36. The van der Waals surface area contributed by atoms with Gasteiger partial charge in [-0.3, -0.25) is 14.5 Å². The average molecular weight is 385 g/mol. The molecule has 7 heteroatoms. The van der Waals surface area contributed by atoms with Crippen molar-refractivity contribution >= 4 is 29.0 Å². The van der Waals surface area contributed by atoms with Gasteiger partial charge in [0.05, 0.1) is 18.6 Å². The summed E-state index contributed by atoms with van der Waals surface area (Å²) in [4.78, 5) is 26.1. The summed E-state index contributed by atoms with van der Waals surface area (Å²) in [6.45, 7) is 2.32. The molecule has 140 valence electrons. The van der Waals surface area contributed by atoms with Crippen molar-refractivity contribution in [2.75, 3.05) is 20.3 Å². The fourth-order valence-electron chi connectivity index (χ4n) is 2.61. The lowest BCUT2D eigenvalue weighted by Crippen LogP contribution is -2.32. The molecule has 1 saturated heterocycles. The van der Waals surface area contributed by atoms with Crippen molar-refractivity contribution in [3.8, 4) is 17.2 Å². The monoisotopic (exact) mass is 385 g/mol. The third-order valence-electron chi connectivity index (χ3n) is 3.98. The number of aromatic hydroxyl groups is 1. The Labute approximate surface area is 161 Å². The van der Waals surface area contributed by atoms with Gasteiger partial charge < -0.3 is 14.6 Å². The number of hydrogen-bond donors (Lipinski definition) is 1. The van der Waals surface area contributed by atoms with Crippen LogP contribution in [-0.2, 0) is 4.79 Å². The van der Waals surface area contributed by atoms with Crippen molar-refractivity contribution in [3.63, 3.8) is 0 Å². The van der Waals surface area contributed by atoms with Gasteiger partial charge in [0, 0.05) is 5.56 Å². The van der Waals surface area contributed by atoms with Crippen LogP contribution >= 0.6 is 11.8 Å². The van der Waals surface area contributed by atoms with Crippen LogP contribution < -0.4 is 9.47 Å². The molecule has 6 nitrogen and oxygen atoms in total. The van der Waals surface area contributed by atoms with Crippen LogP contribution in [0.4, 0.5) is 4.79 Å². The Morgan fingerprint density at radius 1 is 1.19 bits per heavy atom. The Bertz CT molecular complexity index is 909. The predicted octanol–water partition coefficient (Wildman–Crippen LogP) is 3.82. The highest BCUT2D eigenvalue weighted by Gasteiger charge is 2.35. The molecule has 0 unspecified atom stereocenters. The highest BCUT2D eigenvalue weighted by molar-refractivity contribution is 8.18. The first-order chi connectivity index (χ1) is 13.0. The van der Waals surface area contributed by atoms with E-state index in [1.165, 1.54) is 13.2 Å². The number of ether oxygens (including phenoxy) is 2. The van der Waals surface area contributed by atoms with Crippen LogP contribution in [0.1, 0.15) is 11.1 Å². The third-order valence-corrected chi connectivity index (χ3v) is 4.89. The number of imide groups is 1. The van der Waals surface area contributed by atoms with Gasteiger partial charge in [0.2, 0.25) is 0 Å². The Balaban J connectivity index is 1.68. The second-order valence-electron chi connectivity index (χ2n) is 5.90. The second-order valence-corrected chi connectivity index (χ2v) is 6.89. The van der Waals surface area contributed by atoms with Gasteiger partial charge in [0.1, 0.15) is 12.4 Å². The van der Waals surface area contributed by atoms with E-state index < -0.39 is 5.91 Å². The largest absolute Gasteiger partial charge is 0.504 e. The molecule has 1 heterocycles. The number of carbonyl (C=O) groups is 2. The Kier molecular flexibility index (Phi) is 5.71. The maximum atomic E-state index is 12.5. The molecule has 27 heavy (non-hydrogen) atoms. The molecule has 0 saturated carbocycles. The molecule has 2 amide bonds. The lowest BCUT2D eigenvalue weighted by atomic mass is 10.1. The first-order valence-corrected chi connectivity index (χ1v) is 9.12. The summed E-state index contributed by atoms with van der Waals surface area (Å²) in [5, 5.41) is 9.79. The van der Waals surface area contributed by atoms with Crippen LogP contribution in [0.2, 0.25) is 0 Å². The van der Waals surface area contributed by atoms with Gasteiger partial charge in [-0.05, 0) is 48.5 Å². The van der Waals surface area contributed by atoms with E-state index in [2.05, 4.69) is 0 Å². The van der Waals surface area contributed by atoms with Crippen molar-refractivity contribution in [2.24, 2.45) is 0 Å². The predicted molar refractivity (Wildman–Crippen MR) is 104 cm³/mol. The van der Waals surface area contributed by atoms with Gasteiger partial charge in [-0.2, -0.15) is 0 Å². The van der Waals surface area contributed by atoms with Gasteiger partial charge >= 0.3 is 0 Å². The van der Waals surface area contributed by atoms with E-state index in [0.717, 1.165) is 22.2 Å². The first kappa shape index (κ1) is 18.8. The summed E-state index contributed by atoms with van der Waals surface area (Å²) >= 11 is 0.839. The standard InChI is InChI=1S/C20H19NO5S/c1-13-5-3-7-15(11-13)26-10-9-21-19(23)17(27-20(21)24)12-14-6-4-8-16(25-2)18(14)22/h3-8,11-12,22H,9-10H2,1-2H3/b17-12-. The third kappa shape index (κ3) is 4.25. The van der Waals surface area contributed by atoms with Crippen molar-refractivity contribution in [1.82, 2.24) is 4.90 Å². The highest BCUT2D eigenvalue weighted by atomic mass is 32.2. The number of carbonyl (C=O) groups excluding carboxylic acids is 2. The summed E-state index contributed by atoms with van der Waals surface area (Å²) in [6.07, 6.45) is 1.49. The quantitative estimate of drug-likeness (QED) is 0.762. The Morgan fingerprint density at radius 3 is 2.70 bits per heavy atom. The SMILES string of the molecule is COc1cccc(/C=C2\SC(=O)N(CCOc3cccc(C)c3)C2=O)c1O. The molecule has 0 aromatic heterocycles. The van der Waals surface area contributed by atoms with Crippen molar-refractivity contribution in [1.29, 1.82) is 0 Å². The van der Waals surface area contributed by atoms with Gasteiger partial charge in [-0.1, -0.05) is 24.3 Å². The second kappa shape index (κ2) is 8.18. The minimum Gasteiger partial charge on any atom is -0.504 e. The zero-order valence-corrected chi connectivity index (χ0v) is 15.8. The minimum absolute atomic E-state index is 0.0745. The number of para-hydroxylation sites is 1. The van der Waals surface area contributed by atoms with Gasteiger partial charge in [0.25, 0.3) is 11.1 Å². The molecule has 1 aliphatic heterocycles. The number of benzene rings is 2. The van der Waals surface area contributed by atoms with Crippen LogP contribution in [0.5, 0.6) is 17.2 Å². The fourth-order valence-corrected chi connectivity index (χ4v) is 3.47. The molecule has 2 aromatic carbocycles. The molecule has 1 N–H and O–H groups in total. The molecule has 1 fully saturated rings. The topological polar surface area (TPSA) is 76.1 Å². The summed E-state index contributed by atoms with van der Waals surface area (Å²) in [6, 6.07) is 12.5. The van der Waals surface area contributed by atoms with Crippen LogP contribution in [0.3, 0.4) is 0 Å². The Hall–Kier alpha value is -2.93. The van der Waals surface area contributed by atoms with Crippen LogP contribution in [0.15, 0.2) is 47.4 Å². The molecular formula is C20H19NO5S. The molecule has 0 radical (unpaired) electrons. The number of methoxy groups -OCH3 is 1. The lowest BCUT2D eigenvalue weighted by Gasteiger charge is -2.13. The summed E-state index contributed by atoms with van der Waals surface area (Å²) in [5.41, 5.74) is 1.48. The first-order valence-electron chi connectivity index (χ1n) is 8.30. The van der Waals surface area contributed by atoms with E-state index in [0.29, 0.717) is 17.1 Å². The van der Waals surface area contributed by atoms with Gasteiger partial charge in [-0.25, -0.2) is 0 Å². The lowest BCUT2D eigenvalue weighted by molar-refractivity contribution is -0.123. The van der Waals surface area contributed by atoms with Crippen molar-refractivity contribution < 1.29 is 24.2 Å². The van der Waals surface area contributed by atoms with Crippen LogP contribution in [0, 0.1) is 6.92 Å². The number of nitrogens with zero attached hydrogens (tertiary/aromatic N) is 1. The van der Waals surface area contributed by atoms with Gasteiger partial charge in [-0.15, -0.1) is 0 Å². The molecule has 0 aliphatic carbocycles. The van der Waals surface area contributed by atoms with Crippen LogP contribution in [0.25, 0.3) is 6.08 Å². The van der Waals surface area contributed by atoms with E-state index in [-0.39, 0.29) is 29.0 Å². The number of amides is 2. The zero-order valence-electron chi connectivity index (χ0n) is 15.0. The molecule has 3 rings (SSSR count). The van der Waals surface area contributed by atoms with E-state index in [1.807, 2.05) is 31.2 Å². The van der Waals surface area contributed by atoms with E-state index >= 15 is 0 Å². The zero-order chi connectivity index (χ0) is 19.4. The molecule has 1 aliphatic rings. The number of rotatable bonds is 6. The number of aryl methyl sites for hydroxylation is 1. The summed E-state index contributed by atoms with van der Waals surface area (Å²) in [7, 11) is 1.45. The smallest absolute Gasteiger partial charge is 0.293 e. The maximum Gasteiger partial charge on any atom is 0.293 e. The summed E-state index contributed by atoms with van der Waals surface area (Å²) in [5.74, 6) is 0.517. The van der Waals surface area contributed by atoms with Crippen molar-refractivity contribution in [3.05, 3.63) is 58.5 Å². The van der Waals surface area contributed by atoms with Crippen molar-refractivity contribution in [2.45, 2.75) is 6.92 Å². The number of hydrogen-bond acceptors (Lipinski definition) is 6. The van der Waals surface area contributed by atoms with E-state index in [9.17, 15) is 14.7 Å². The molecule has 0 atom stereocenters. The van der Waals surface area contributed by atoms with Crippen LogP contribution in [-0.4, -0.2) is 41.4 Å². The van der Waals surface area contributed by atoms with E-state index in [4.69, 9.17) is 9.47 Å². The summed E-state index contributed by atoms with van der Waals surface area (Å²) < 4.78 is 10.7. The number of phenolic OH excluding ortho intramolecular Hbond substituents is 1. The minimum atomic E-state index is -0.403. The number of thioether (sulfide) groups is 1. The van der Waals surface area contributed by atoms with Gasteiger partial charge in [0.15, 0.2) is 11.5 Å². The molecule has 0 spiro atoms.